The number of carbonyl (C=O) groups is 1. The molecule has 5 rings (SSSR count). The van der Waals surface area contributed by atoms with E-state index >= 15 is 0 Å². The van der Waals surface area contributed by atoms with E-state index < -0.39 is 0 Å². The van der Waals surface area contributed by atoms with Gasteiger partial charge in [-0.05, 0) is 43.3 Å². The molecule has 33 heavy (non-hydrogen) atoms. The van der Waals surface area contributed by atoms with E-state index in [0.29, 0.717) is 14.9 Å². The molecule has 2 aliphatic rings. The number of benzene rings is 1. The van der Waals surface area contributed by atoms with Crippen LogP contribution in [-0.2, 0) is 4.79 Å². The number of aromatic nitrogens is 3. The van der Waals surface area contributed by atoms with Crippen LogP contribution in [0.25, 0.3) is 23.0 Å². The molecule has 1 N–H and O–H groups in total. The summed E-state index contributed by atoms with van der Waals surface area (Å²) in [4.78, 5) is 22.0. The topological polar surface area (TPSA) is 65.8 Å². The Morgan fingerprint density at radius 3 is 2.61 bits per heavy atom. The smallest absolute Gasteiger partial charge is 0.263 e. The van der Waals surface area contributed by atoms with E-state index in [-0.39, 0.29) is 5.91 Å². The van der Waals surface area contributed by atoms with Crippen molar-refractivity contribution in [3.63, 3.8) is 0 Å². The fraction of sp³-hybridized carbons (Fsp3) is 0.333. The van der Waals surface area contributed by atoms with Crippen molar-refractivity contribution < 1.29 is 4.79 Å². The SMILES string of the molecule is CCCCN1CCN(c2ccc(-c3cnc4ccc(C=C5SC(=S)NC5=O)nn34)cc2)CC1. The molecule has 170 valence electrons. The van der Waals surface area contributed by atoms with Crippen LogP contribution >= 0.6 is 24.0 Å². The fourth-order valence-corrected chi connectivity index (χ4v) is 5.20. The van der Waals surface area contributed by atoms with Gasteiger partial charge in [0, 0.05) is 37.4 Å². The molecule has 2 fully saturated rings. The van der Waals surface area contributed by atoms with Crippen LogP contribution in [0.2, 0.25) is 0 Å². The molecule has 1 amide bonds. The van der Waals surface area contributed by atoms with Crippen LogP contribution in [-0.4, -0.2) is 62.4 Å². The lowest BCUT2D eigenvalue weighted by Gasteiger charge is -2.36. The summed E-state index contributed by atoms with van der Waals surface area (Å²) < 4.78 is 2.29. The number of hydrogen-bond acceptors (Lipinski definition) is 7. The van der Waals surface area contributed by atoms with Crippen LogP contribution in [0.5, 0.6) is 0 Å². The number of nitrogens with zero attached hydrogens (tertiary/aromatic N) is 5. The van der Waals surface area contributed by atoms with E-state index in [1.807, 2.05) is 22.8 Å². The molecule has 0 radical (unpaired) electrons. The minimum Gasteiger partial charge on any atom is -0.369 e. The third-order valence-electron chi connectivity index (χ3n) is 6.03. The molecule has 2 aromatic heterocycles. The van der Waals surface area contributed by atoms with E-state index in [9.17, 15) is 4.79 Å². The van der Waals surface area contributed by atoms with Gasteiger partial charge in [0.1, 0.15) is 4.32 Å². The molecule has 0 bridgehead atoms. The lowest BCUT2D eigenvalue weighted by atomic mass is 10.1. The van der Waals surface area contributed by atoms with E-state index in [4.69, 9.17) is 17.3 Å². The monoisotopic (exact) mass is 478 g/mol. The summed E-state index contributed by atoms with van der Waals surface area (Å²) >= 11 is 6.32. The van der Waals surface area contributed by atoms with Crippen LogP contribution in [0.4, 0.5) is 5.69 Å². The van der Waals surface area contributed by atoms with Gasteiger partial charge in [-0.2, -0.15) is 5.10 Å². The van der Waals surface area contributed by atoms with E-state index in [2.05, 4.69) is 51.3 Å². The van der Waals surface area contributed by atoms with Gasteiger partial charge in [0.25, 0.3) is 5.91 Å². The molecular weight excluding hydrogens is 452 g/mol. The Balaban J connectivity index is 1.34. The lowest BCUT2D eigenvalue weighted by Crippen LogP contribution is -2.46. The first kappa shape index (κ1) is 22.1. The summed E-state index contributed by atoms with van der Waals surface area (Å²) in [5, 5.41) is 7.34. The second kappa shape index (κ2) is 9.62. The number of hydrogen-bond donors (Lipinski definition) is 1. The Morgan fingerprint density at radius 2 is 1.91 bits per heavy atom. The van der Waals surface area contributed by atoms with Crippen molar-refractivity contribution in [3.8, 4) is 11.3 Å². The summed E-state index contributed by atoms with van der Waals surface area (Å²) in [5.41, 5.74) is 4.67. The van der Waals surface area contributed by atoms with Crippen molar-refractivity contribution >= 4 is 51.6 Å². The maximum Gasteiger partial charge on any atom is 0.263 e. The van der Waals surface area contributed by atoms with Gasteiger partial charge in [-0.15, -0.1) is 0 Å². The minimum absolute atomic E-state index is 0.181. The van der Waals surface area contributed by atoms with Crippen molar-refractivity contribution in [1.82, 2.24) is 24.8 Å². The largest absolute Gasteiger partial charge is 0.369 e. The Morgan fingerprint density at radius 1 is 1.12 bits per heavy atom. The number of thioether (sulfide) groups is 1. The van der Waals surface area contributed by atoms with Crippen molar-refractivity contribution in [1.29, 1.82) is 0 Å². The Bertz CT molecular complexity index is 1210. The molecule has 7 nitrogen and oxygen atoms in total. The summed E-state index contributed by atoms with van der Waals surface area (Å²) in [6.07, 6.45) is 6.13. The number of carbonyl (C=O) groups excluding carboxylic acids is 1. The molecule has 0 aliphatic carbocycles. The van der Waals surface area contributed by atoms with Gasteiger partial charge < -0.3 is 10.2 Å². The quantitative estimate of drug-likeness (QED) is 0.427. The molecular formula is C24H26N6OS2. The molecule has 1 aromatic carbocycles. The molecule has 2 saturated heterocycles. The van der Waals surface area contributed by atoms with Gasteiger partial charge in [0.15, 0.2) is 5.65 Å². The lowest BCUT2D eigenvalue weighted by molar-refractivity contribution is -0.115. The molecule has 0 spiro atoms. The third kappa shape index (κ3) is 4.80. The van der Waals surface area contributed by atoms with Crippen LogP contribution in [0, 0.1) is 0 Å². The number of thiocarbonyl (C=S) groups is 1. The van der Waals surface area contributed by atoms with Crippen LogP contribution in [0.15, 0.2) is 47.5 Å². The average molecular weight is 479 g/mol. The van der Waals surface area contributed by atoms with Crippen molar-refractivity contribution in [2.75, 3.05) is 37.6 Å². The highest BCUT2D eigenvalue weighted by atomic mass is 32.2. The fourth-order valence-electron chi connectivity index (χ4n) is 4.17. The number of unbranched alkanes of at least 4 members (excludes halogenated alkanes) is 1. The number of nitrogens with one attached hydrogen (secondary N) is 1. The minimum atomic E-state index is -0.181. The zero-order valence-electron chi connectivity index (χ0n) is 18.5. The molecule has 0 saturated carbocycles. The van der Waals surface area contributed by atoms with Gasteiger partial charge in [0.05, 0.1) is 22.5 Å². The zero-order valence-corrected chi connectivity index (χ0v) is 20.2. The maximum atomic E-state index is 12.0. The number of imidazole rings is 1. The highest BCUT2D eigenvalue weighted by molar-refractivity contribution is 8.26. The van der Waals surface area contributed by atoms with Crippen molar-refractivity contribution in [2.45, 2.75) is 19.8 Å². The molecule has 9 heteroatoms. The van der Waals surface area contributed by atoms with Crippen molar-refractivity contribution in [3.05, 3.63) is 53.2 Å². The molecule has 0 unspecified atom stereocenters. The molecule has 0 atom stereocenters. The summed E-state index contributed by atoms with van der Waals surface area (Å²) in [5.74, 6) is -0.181. The standard InChI is InChI=1S/C24H26N6OS2/c1-2-3-10-28-11-13-29(14-12-28)19-7-4-17(5-8-19)20-16-25-22-9-6-18(27-30(20)22)15-21-23(31)26-24(32)33-21/h4-9,15-16H,2-3,10-14H2,1H3,(H,26,31,32). The number of piperazine rings is 1. The van der Waals surface area contributed by atoms with E-state index in [1.165, 1.54) is 36.8 Å². The van der Waals surface area contributed by atoms with Gasteiger partial charge in [-0.25, -0.2) is 9.50 Å². The van der Waals surface area contributed by atoms with Gasteiger partial charge >= 0.3 is 0 Å². The highest BCUT2D eigenvalue weighted by Gasteiger charge is 2.22. The Kier molecular flexibility index (Phi) is 6.43. The first-order chi connectivity index (χ1) is 16.1. The number of fused-ring (bicyclic) bond motifs is 1. The van der Waals surface area contributed by atoms with Crippen LogP contribution < -0.4 is 10.2 Å². The first-order valence-corrected chi connectivity index (χ1v) is 12.5. The molecule has 2 aliphatic heterocycles. The average Bonchev–Trinajstić information content (AvgIpc) is 3.40. The van der Waals surface area contributed by atoms with Gasteiger partial charge in [0.2, 0.25) is 0 Å². The summed E-state index contributed by atoms with van der Waals surface area (Å²) in [6.45, 7) is 7.83. The molecule has 3 aromatic rings. The normalized spacial score (nSPS) is 18.5. The Hall–Kier alpha value is -2.75. The zero-order chi connectivity index (χ0) is 22.8. The number of amides is 1. The van der Waals surface area contributed by atoms with Crippen LogP contribution in [0.3, 0.4) is 0 Å². The Labute approximate surface area is 202 Å². The van der Waals surface area contributed by atoms with E-state index in [0.717, 1.165) is 43.1 Å². The van der Waals surface area contributed by atoms with E-state index in [1.54, 1.807) is 6.08 Å². The van der Waals surface area contributed by atoms with Crippen LogP contribution in [0.1, 0.15) is 25.5 Å². The predicted octanol–water partition coefficient (Wildman–Crippen LogP) is 3.81. The highest BCUT2D eigenvalue weighted by Crippen LogP contribution is 2.27. The summed E-state index contributed by atoms with van der Waals surface area (Å²) in [6, 6.07) is 12.4. The first-order valence-electron chi connectivity index (χ1n) is 11.3. The molecule has 4 heterocycles. The van der Waals surface area contributed by atoms with Crippen molar-refractivity contribution in [2.24, 2.45) is 0 Å². The van der Waals surface area contributed by atoms with Gasteiger partial charge in [-0.3, -0.25) is 9.69 Å². The third-order valence-corrected chi connectivity index (χ3v) is 7.20. The maximum absolute atomic E-state index is 12.0. The number of anilines is 1. The van der Waals surface area contributed by atoms with Gasteiger partial charge in [-0.1, -0.05) is 49.5 Å². The summed E-state index contributed by atoms with van der Waals surface area (Å²) in [7, 11) is 0. The second-order valence-electron chi connectivity index (χ2n) is 8.25. The predicted molar refractivity (Wildman–Crippen MR) is 138 cm³/mol. The number of rotatable bonds is 6. The second-order valence-corrected chi connectivity index (χ2v) is 9.97.